The highest BCUT2D eigenvalue weighted by Gasteiger charge is 2.32. The third-order valence-corrected chi connectivity index (χ3v) is 7.28. The quantitative estimate of drug-likeness (QED) is 0.586. The average molecular weight is 422 g/mol. The molecule has 0 amide bonds. The van der Waals surface area contributed by atoms with E-state index in [0.717, 1.165) is 18.4 Å². The van der Waals surface area contributed by atoms with E-state index >= 15 is 0 Å². The van der Waals surface area contributed by atoms with Crippen LogP contribution in [0.25, 0.3) is 0 Å². The molecule has 0 atom stereocenters. The largest absolute Gasteiger partial charge is 0.349 e. The topological polar surface area (TPSA) is 53.5 Å². The van der Waals surface area contributed by atoms with Gasteiger partial charge in [-0.05, 0) is 48.7 Å². The Morgan fingerprint density at radius 2 is 1.63 bits per heavy atom. The number of hydrogen-bond acceptors (Lipinski definition) is 4. The van der Waals surface area contributed by atoms with Crippen LogP contribution >= 0.6 is 0 Å². The van der Waals surface area contributed by atoms with Crippen molar-refractivity contribution in [2.24, 2.45) is 0 Å². The predicted octanol–water partition coefficient (Wildman–Crippen LogP) is 4.56. The smallest absolute Gasteiger partial charge is 0.264 e. The summed E-state index contributed by atoms with van der Waals surface area (Å²) in [5, 5.41) is 0. The standard InChI is InChI=1S/C24H27N3O2S/c1-3-5-20-11-13-22(14-12-20)30(28,29)27-17-16-26(24-23(27)6-4-15-25-24)18-21-9-7-19(2)8-10-21/h4,6-15H,3,5,16-18H2,1-2H3. The van der Waals surface area contributed by atoms with E-state index in [1.807, 2.05) is 18.2 Å². The van der Waals surface area contributed by atoms with Crippen LogP contribution in [0.5, 0.6) is 0 Å². The van der Waals surface area contributed by atoms with Crippen molar-refractivity contribution in [2.75, 3.05) is 22.3 Å². The van der Waals surface area contributed by atoms with E-state index in [4.69, 9.17) is 0 Å². The highest BCUT2D eigenvalue weighted by atomic mass is 32.2. The van der Waals surface area contributed by atoms with E-state index in [1.165, 1.54) is 15.4 Å². The van der Waals surface area contributed by atoms with Gasteiger partial charge in [0.2, 0.25) is 0 Å². The summed E-state index contributed by atoms with van der Waals surface area (Å²) in [5.74, 6) is 0.704. The van der Waals surface area contributed by atoms with Crippen molar-refractivity contribution in [1.82, 2.24) is 4.98 Å². The fraction of sp³-hybridized carbons (Fsp3) is 0.292. The summed E-state index contributed by atoms with van der Waals surface area (Å²) in [4.78, 5) is 7.00. The van der Waals surface area contributed by atoms with Gasteiger partial charge in [-0.15, -0.1) is 0 Å². The minimum absolute atomic E-state index is 0.323. The number of nitrogens with zero attached hydrogens (tertiary/aromatic N) is 3. The third kappa shape index (κ3) is 4.05. The van der Waals surface area contributed by atoms with Crippen molar-refractivity contribution in [1.29, 1.82) is 0 Å². The Morgan fingerprint density at radius 1 is 0.933 bits per heavy atom. The minimum atomic E-state index is -3.64. The lowest BCUT2D eigenvalue weighted by molar-refractivity contribution is 0.587. The van der Waals surface area contributed by atoms with E-state index in [0.29, 0.717) is 36.0 Å². The molecule has 0 unspecified atom stereocenters. The Kier molecular flexibility index (Phi) is 5.77. The molecule has 0 radical (unpaired) electrons. The number of anilines is 2. The van der Waals surface area contributed by atoms with Crippen LogP contribution in [0.2, 0.25) is 0 Å². The van der Waals surface area contributed by atoms with Crippen LogP contribution in [0, 0.1) is 6.92 Å². The second-order valence-electron chi connectivity index (χ2n) is 7.72. The van der Waals surface area contributed by atoms with Gasteiger partial charge in [-0.25, -0.2) is 13.4 Å². The molecule has 1 aromatic heterocycles. The Labute approximate surface area is 179 Å². The number of aromatic nitrogens is 1. The molecule has 0 spiro atoms. The maximum Gasteiger partial charge on any atom is 0.264 e. The molecule has 0 saturated heterocycles. The number of sulfonamides is 1. The average Bonchev–Trinajstić information content (AvgIpc) is 2.76. The fourth-order valence-corrected chi connectivity index (χ4v) is 5.28. The van der Waals surface area contributed by atoms with Crippen LogP contribution in [0.4, 0.5) is 11.5 Å². The van der Waals surface area contributed by atoms with Gasteiger partial charge < -0.3 is 4.90 Å². The van der Waals surface area contributed by atoms with Crippen LogP contribution in [0.15, 0.2) is 71.8 Å². The van der Waals surface area contributed by atoms with E-state index < -0.39 is 10.0 Å². The number of rotatable bonds is 6. The SMILES string of the molecule is CCCc1ccc(S(=O)(=O)N2CCN(Cc3ccc(C)cc3)c3ncccc32)cc1. The summed E-state index contributed by atoms with van der Waals surface area (Å²) in [6.45, 7) is 5.86. The number of benzene rings is 2. The van der Waals surface area contributed by atoms with Gasteiger partial charge in [0.1, 0.15) is 0 Å². The maximum atomic E-state index is 13.4. The van der Waals surface area contributed by atoms with Gasteiger partial charge in [0.05, 0.1) is 17.1 Å². The third-order valence-electron chi connectivity index (χ3n) is 5.45. The molecule has 0 saturated carbocycles. The van der Waals surface area contributed by atoms with E-state index in [1.54, 1.807) is 24.4 Å². The first-order valence-corrected chi connectivity index (χ1v) is 11.8. The van der Waals surface area contributed by atoms with Gasteiger partial charge in [0.25, 0.3) is 10.0 Å². The van der Waals surface area contributed by atoms with Crippen molar-refractivity contribution in [2.45, 2.75) is 38.1 Å². The molecule has 1 aliphatic rings. The highest BCUT2D eigenvalue weighted by Crippen LogP contribution is 2.35. The molecule has 0 N–H and O–H groups in total. The first-order valence-electron chi connectivity index (χ1n) is 10.4. The van der Waals surface area contributed by atoms with Crippen molar-refractivity contribution in [3.8, 4) is 0 Å². The Morgan fingerprint density at radius 3 is 2.33 bits per heavy atom. The summed E-state index contributed by atoms with van der Waals surface area (Å²) in [5.41, 5.74) is 4.19. The molecule has 2 aromatic carbocycles. The monoisotopic (exact) mass is 421 g/mol. The van der Waals surface area contributed by atoms with Crippen LogP contribution < -0.4 is 9.21 Å². The van der Waals surface area contributed by atoms with Gasteiger partial charge in [0.15, 0.2) is 5.82 Å². The van der Waals surface area contributed by atoms with Gasteiger partial charge in [0, 0.05) is 19.3 Å². The summed E-state index contributed by atoms with van der Waals surface area (Å²) in [7, 11) is -3.64. The van der Waals surface area contributed by atoms with Crippen LogP contribution in [-0.4, -0.2) is 26.5 Å². The molecule has 3 aromatic rings. The van der Waals surface area contributed by atoms with E-state index in [9.17, 15) is 8.42 Å². The number of aryl methyl sites for hydroxylation is 2. The van der Waals surface area contributed by atoms with E-state index in [2.05, 4.69) is 48.0 Å². The summed E-state index contributed by atoms with van der Waals surface area (Å²) >= 11 is 0. The van der Waals surface area contributed by atoms with Crippen LogP contribution in [-0.2, 0) is 23.0 Å². The van der Waals surface area contributed by atoms with Crippen molar-refractivity contribution < 1.29 is 8.42 Å². The first-order chi connectivity index (χ1) is 14.5. The molecular formula is C24H27N3O2S. The van der Waals surface area contributed by atoms with Crippen LogP contribution in [0.3, 0.4) is 0 Å². The van der Waals surface area contributed by atoms with Crippen LogP contribution in [0.1, 0.15) is 30.0 Å². The molecule has 2 heterocycles. The Bertz CT molecular complexity index is 1110. The van der Waals surface area contributed by atoms with Crippen molar-refractivity contribution in [3.05, 3.63) is 83.6 Å². The lowest BCUT2D eigenvalue weighted by Crippen LogP contribution is -2.44. The Balaban J connectivity index is 1.63. The summed E-state index contributed by atoms with van der Waals surface area (Å²) < 4.78 is 28.3. The van der Waals surface area contributed by atoms with Gasteiger partial charge in [-0.3, -0.25) is 4.31 Å². The minimum Gasteiger partial charge on any atom is -0.349 e. The second-order valence-corrected chi connectivity index (χ2v) is 9.59. The zero-order chi connectivity index (χ0) is 21.1. The van der Waals surface area contributed by atoms with Crippen molar-refractivity contribution in [3.63, 3.8) is 0 Å². The number of hydrogen-bond donors (Lipinski definition) is 0. The van der Waals surface area contributed by atoms with E-state index in [-0.39, 0.29) is 0 Å². The van der Waals surface area contributed by atoms with Gasteiger partial charge >= 0.3 is 0 Å². The number of fused-ring (bicyclic) bond motifs is 1. The normalized spacial score (nSPS) is 13.9. The molecule has 6 heteroatoms. The molecule has 4 rings (SSSR count). The highest BCUT2D eigenvalue weighted by molar-refractivity contribution is 7.92. The summed E-state index contributed by atoms with van der Waals surface area (Å²) in [6, 6.07) is 19.3. The van der Waals surface area contributed by atoms with Gasteiger partial charge in [-0.1, -0.05) is 55.3 Å². The Hall–Kier alpha value is -2.86. The molecule has 0 aliphatic carbocycles. The lowest BCUT2D eigenvalue weighted by atomic mass is 10.1. The number of pyridine rings is 1. The molecular weight excluding hydrogens is 394 g/mol. The first kappa shape index (κ1) is 20.4. The second kappa shape index (κ2) is 8.48. The van der Waals surface area contributed by atoms with Crippen molar-refractivity contribution >= 4 is 21.5 Å². The lowest BCUT2D eigenvalue weighted by Gasteiger charge is -2.37. The fourth-order valence-electron chi connectivity index (χ4n) is 3.83. The predicted molar refractivity (Wildman–Crippen MR) is 121 cm³/mol. The molecule has 156 valence electrons. The van der Waals surface area contributed by atoms with Gasteiger partial charge in [-0.2, -0.15) is 0 Å². The molecule has 0 bridgehead atoms. The molecule has 30 heavy (non-hydrogen) atoms. The summed E-state index contributed by atoms with van der Waals surface area (Å²) in [6.07, 6.45) is 3.70. The zero-order valence-electron chi connectivity index (χ0n) is 17.5. The molecule has 1 aliphatic heterocycles. The zero-order valence-corrected chi connectivity index (χ0v) is 18.3. The maximum absolute atomic E-state index is 13.4. The molecule has 0 fully saturated rings. The molecule has 5 nitrogen and oxygen atoms in total.